The summed E-state index contributed by atoms with van der Waals surface area (Å²) in [6, 6.07) is 0. The van der Waals surface area contributed by atoms with Crippen molar-refractivity contribution < 1.29 is 31.1 Å². The quantitative estimate of drug-likeness (QED) is 0.324. The van der Waals surface area contributed by atoms with Crippen LogP contribution in [0.4, 0.5) is 0 Å². The van der Waals surface area contributed by atoms with Gasteiger partial charge in [0.1, 0.15) is 0 Å². The molecule has 0 aliphatic carbocycles. The Balaban J connectivity index is 2.21. The molecule has 4 nitrogen and oxygen atoms in total. The van der Waals surface area contributed by atoms with Gasteiger partial charge in [0.05, 0.1) is 0 Å². The summed E-state index contributed by atoms with van der Waals surface area (Å²) in [5.74, 6) is 0.0289. The molecule has 7 heteroatoms. The van der Waals surface area contributed by atoms with E-state index >= 15 is 0 Å². The molecule has 1 amide bonds. The third-order valence-electron chi connectivity index (χ3n) is 2.04. The van der Waals surface area contributed by atoms with Gasteiger partial charge in [0.2, 0.25) is 0 Å². The van der Waals surface area contributed by atoms with Gasteiger partial charge in [-0.3, -0.25) is 0 Å². The van der Waals surface area contributed by atoms with E-state index < -0.39 is 24.8 Å². The predicted molar refractivity (Wildman–Crippen MR) is 56.0 cm³/mol. The summed E-state index contributed by atoms with van der Waals surface area (Å²) < 4.78 is 0.693. The van der Waals surface area contributed by atoms with Gasteiger partial charge in [-0.15, -0.1) is 0 Å². The maximum atomic E-state index is 11.2. The van der Waals surface area contributed by atoms with Gasteiger partial charge in [-0.05, 0) is 0 Å². The van der Waals surface area contributed by atoms with Crippen LogP contribution in [-0.4, -0.2) is 20.5 Å². The van der Waals surface area contributed by atoms with Crippen LogP contribution in [0.1, 0.15) is 17.8 Å². The number of alkyl halides is 2. The zero-order valence-electron chi connectivity index (χ0n) is 7.67. The molecule has 1 aliphatic heterocycles. The second kappa shape index (κ2) is 4.64. The molecule has 1 aliphatic rings. The number of carbonyl (C=O) groups excluding carboxylic acids is 1. The van der Waals surface area contributed by atoms with Crippen molar-refractivity contribution in [2.75, 3.05) is 4.55 Å². The summed E-state index contributed by atoms with van der Waals surface area (Å²) in [5, 5.41) is 14.0. The Labute approximate surface area is 110 Å². The van der Waals surface area contributed by atoms with E-state index in [-0.39, 0.29) is 5.91 Å². The summed E-state index contributed by atoms with van der Waals surface area (Å²) in [6.45, 7) is 0. The van der Waals surface area contributed by atoms with E-state index in [0.29, 0.717) is 17.4 Å². The Kier molecular flexibility index (Phi) is 3.63. The number of amides is 1. The van der Waals surface area contributed by atoms with Crippen LogP contribution in [0, 0.1) is 0 Å². The number of nitrogens with zero attached hydrogens (tertiary/aromatic N) is 1. The van der Waals surface area contributed by atoms with Gasteiger partial charge in [0.25, 0.3) is 0 Å². The summed E-state index contributed by atoms with van der Waals surface area (Å²) >= 11 is 4.27. The van der Waals surface area contributed by atoms with Gasteiger partial charge in [0.15, 0.2) is 0 Å². The molecule has 2 rings (SSSR count). The number of halogens is 2. The van der Waals surface area contributed by atoms with Gasteiger partial charge in [0, 0.05) is 0 Å². The Morgan fingerprint density at radius 1 is 1.73 bits per heavy atom. The normalized spacial score (nSPS) is 27.7. The van der Waals surface area contributed by atoms with Crippen molar-refractivity contribution in [3.05, 3.63) is 15.0 Å². The van der Waals surface area contributed by atoms with Crippen LogP contribution in [0.15, 0.2) is 9.98 Å². The molecular weight excluding hydrogens is 395 g/mol. The summed E-state index contributed by atoms with van der Waals surface area (Å²) in [6.07, 6.45) is 2.57. The van der Waals surface area contributed by atoms with Crippen LogP contribution in [0.5, 0.6) is 0 Å². The number of hydrogen-bond donors (Lipinski definition) is 2. The van der Waals surface area contributed by atoms with Crippen LogP contribution < -0.4 is 26.5 Å². The van der Waals surface area contributed by atoms with Crippen LogP contribution in [0.25, 0.3) is 0 Å². The summed E-state index contributed by atoms with van der Waals surface area (Å²) in [4.78, 5) is 15.4. The topological polar surface area (TPSA) is 62.2 Å². The molecule has 0 bridgehead atoms. The molecule has 1 unspecified atom stereocenters. The van der Waals surface area contributed by atoms with Crippen LogP contribution in [0.3, 0.4) is 0 Å². The summed E-state index contributed by atoms with van der Waals surface area (Å²) in [5.41, 5.74) is 0. The SMILES string of the molecule is O=C1CCC(O)(c2ncc(Br)s2)[I-]CN1. The van der Waals surface area contributed by atoms with Crippen molar-refractivity contribution in [3.63, 3.8) is 0 Å². The molecule has 1 atom stereocenters. The van der Waals surface area contributed by atoms with E-state index in [1.807, 2.05) is 0 Å². The van der Waals surface area contributed by atoms with Crippen LogP contribution in [-0.2, 0) is 8.40 Å². The van der Waals surface area contributed by atoms with Gasteiger partial charge >= 0.3 is 111 Å². The third-order valence-corrected chi connectivity index (χ3v) is 7.11. The molecule has 2 heterocycles. The molecule has 1 aromatic rings. The van der Waals surface area contributed by atoms with Crippen molar-refractivity contribution in [2.45, 2.75) is 16.4 Å². The molecular formula is C8H9BrIN2O2S-. The Hall–Kier alpha value is 0.270. The van der Waals surface area contributed by atoms with E-state index in [1.54, 1.807) is 6.20 Å². The van der Waals surface area contributed by atoms with E-state index in [0.717, 1.165) is 8.79 Å². The number of thiazole rings is 1. The first-order valence-corrected chi connectivity index (χ1v) is 8.53. The fourth-order valence-corrected chi connectivity index (χ4v) is 5.52. The zero-order chi connectivity index (χ0) is 10.9. The minimum atomic E-state index is -0.839. The van der Waals surface area contributed by atoms with Crippen LogP contribution in [0.2, 0.25) is 0 Å². The number of rotatable bonds is 1. The van der Waals surface area contributed by atoms with Crippen LogP contribution >= 0.6 is 27.3 Å². The van der Waals surface area contributed by atoms with E-state index in [4.69, 9.17) is 0 Å². The Morgan fingerprint density at radius 3 is 3.20 bits per heavy atom. The molecule has 0 radical (unpaired) electrons. The van der Waals surface area contributed by atoms with E-state index in [2.05, 4.69) is 26.2 Å². The summed E-state index contributed by atoms with van der Waals surface area (Å²) in [7, 11) is 0. The molecule has 1 aromatic heterocycles. The van der Waals surface area contributed by atoms with Gasteiger partial charge in [-0.25, -0.2) is 0 Å². The zero-order valence-corrected chi connectivity index (χ0v) is 12.2. The van der Waals surface area contributed by atoms with E-state index in [9.17, 15) is 9.90 Å². The Morgan fingerprint density at radius 2 is 2.53 bits per heavy atom. The van der Waals surface area contributed by atoms with Crippen molar-refractivity contribution in [3.8, 4) is 0 Å². The second-order valence-corrected chi connectivity index (χ2v) is 8.82. The van der Waals surface area contributed by atoms with Crippen molar-refractivity contribution in [2.24, 2.45) is 0 Å². The molecule has 15 heavy (non-hydrogen) atoms. The molecule has 0 aromatic carbocycles. The van der Waals surface area contributed by atoms with Crippen molar-refractivity contribution in [1.82, 2.24) is 10.3 Å². The van der Waals surface area contributed by atoms with Gasteiger partial charge in [-0.1, -0.05) is 0 Å². The molecule has 0 spiro atoms. The first kappa shape index (κ1) is 11.7. The predicted octanol–water partition coefficient (Wildman–Crippen LogP) is -1.99. The minimum absolute atomic E-state index is 0.0289. The molecule has 1 saturated heterocycles. The maximum absolute atomic E-state index is 11.2. The van der Waals surface area contributed by atoms with E-state index in [1.165, 1.54) is 11.3 Å². The molecule has 0 saturated carbocycles. The Bertz CT molecular complexity index is 386. The third kappa shape index (κ3) is 2.69. The average molecular weight is 404 g/mol. The molecule has 2 N–H and O–H groups in total. The average Bonchev–Trinajstić information content (AvgIpc) is 2.55. The monoisotopic (exact) mass is 403 g/mol. The van der Waals surface area contributed by atoms with Gasteiger partial charge in [-0.2, -0.15) is 0 Å². The van der Waals surface area contributed by atoms with Crippen molar-refractivity contribution in [1.29, 1.82) is 0 Å². The number of carbonyl (C=O) groups is 1. The number of nitrogens with one attached hydrogen (secondary N) is 1. The van der Waals surface area contributed by atoms with Crippen molar-refractivity contribution >= 4 is 33.2 Å². The second-order valence-electron chi connectivity index (χ2n) is 3.10. The first-order chi connectivity index (χ1) is 7.10. The fourth-order valence-electron chi connectivity index (χ4n) is 1.25. The number of aliphatic hydroxyl groups is 1. The number of hydrogen-bond acceptors (Lipinski definition) is 4. The standard InChI is InChI=1S/C8H9BrIN2O2S/c9-5-3-11-7(15-5)8(14)2-1-6(13)12-4-10-8/h3,14H,1-2,4H2,(H,12,13)/q-1. The first-order valence-electron chi connectivity index (χ1n) is 4.31. The van der Waals surface area contributed by atoms with Gasteiger partial charge < -0.3 is 0 Å². The molecule has 84 valence electrons. The fraction of sp³-hybridized carbons (Fsp3) is 0.500. The molecule has 1 fully saturated rings. The number of aromatic nitrogens is 1.